The molecule has 2 aliphatic rings. The molecule has 0 spiro atoms. The smallest absolute Gasteiger partial charge is 0.293 e. The van der Waals surface area contributed by atoms with E-state index in [-0.39, 0.29) is 5.91 Å². The van der Waals surface area contributed by atoms with Gasteiger partial charge in [-0.3, -0.25) is 9.69 Å². The Labute approximate surface area is 186 Å². The van der Waals surface area contributed by atoms with Crippen molar-refractivity contribution in [3.8, 4) is 5.75 Å². The number of anilines is 1. The lowest BCUT2D eigenvalue weighted by Crippen LogP contribution is -2.31. The van der Waals surface area contributed by atoms with E-state index in [4.69, 9.17) is 16.3 Å². The summed E-state index contributed by atoms with van der Waals surface area (Å²) in [6.45, 7) is 3.73. The number of ether oxygens (including phenoxy) is 1. The van der Waals surface area contributed by atoms with Gasteiger partial charge in [-0.25, -0.2) is 0 Å². The molecule has 1 N–H and O–H groups in total. The summed E-state index contributed by atoms with van der Waals surface area (Å²) in [5.74, 6) is 2.81. The zero-order valence-corrected chi connectivity index (χ0v) is 18.0. The van der Waals surface area contributed by atoms with Crippen LogP contribution in [-0.4, -0.2) is 45.8 Å². The molecule has 31 heavy (non-hydrogen) atoms. The van der Waals surface area contributed by atoms with Crippen LogP contribution in [-0.2, 0) is 19.5 Å². The highest BCUT2D eigenvalue weighted by Crippen LogP contribution is 2.33. The number of likely N-dealkylation sites (tertiary alicyclic amines) is 1. The molecule has 1 fully saturated rings. The molecule has 2 atom stereocenters. The number of hydrogen-bond donors (Lipinski definition) is 1. The number of fused-ring (bicyclic) bond motifs is 2. The molecule has 0 saturated carbocycles. The van der Waals surface area contributed by atoms with Gasteiger partial charge in [0.2, 0.25) is 5.82 Å². The first-order valence-corrected chi connectivity index (χ1v) is 10.8. The zero-order chi connectivity index (χ0) is 21.4. The summed E-state index contributed by atoms with van der Waals surface area (Å²) in [5.41, 5.74) is 1.97. The summed E-state index contributed by atoms with van der Waals surface area (Å²) in [4.78, 5) is 15.3. The summed E-state index contributed by atoms with van der Waals surface area (Å²) in [7, 11) is 1.61. The van der Waals surface area contributed by atoms with Crippen LogP contribution in [0.4, 0.5) is 5.69 Å². The number of benzene rings is 2. The maximum absolute atomic E-state index is 12.8. The maximum Gasteiger partial charge on any atom is 0.293 e. The first-order valence-electron chi connectivity index (χ1n) is 10.4. The number of carbonyl (C=O) groups excluding carboxylic acids is 1. The topological polar surface area (TPSA) is 72.3 Å². The normalized spacial score (nSPS) is 20.2. The van der Waals surface area contributed by atoms with Crippen LogP contribution in [0.2, 0.25) is 5.02 Å². The Bertz CT molecular complexity index is 1080. The summed E-state index contributed by atoms with van der Waals surface area (Å²) in [5, 5.41) is 12.2. The van der Waals surface area contributed by atoms with Crippen LogP contribution >= 0.6 is 11.6 Å². The van der Waals surface area contributed by atoms with Crippen LogP contribution in [0, 0.1) is 11.8 Å². The molecule has 1 aromatic heterocycles. The predicted molar refractivity (Wildman–Crippen MR) is 118 cm³/mol. The lowest BCUT2D eigenvalue weighted by Gasteiger charge is -2.25. The number of rotatable bonds is 5. The fraction of sp³-hybridized carbons (Fsp3) is 0.348. The van der Waals surface area contributed by atoms with E-state index >= 15 is 0 Å². The Kier molecular flexibility index (Phi) is 5.38. The Morgan fingerprint density at radius 3 is 2.55 bits per heavy atom. The summed E-state index contributed by atoms with van der Waals surface area (Å²) in [6, 6.07) is 15.3. The van der Waals surface area contributed by atoms with E-state index < -0.39 is 0 Å². The molecular formula is C23H24ClN5O2. The molecule has 0 bridgehead atoms. The molecule has 2 aromatic carbocycles. The van der Waals surface area contributed by atoms with E-state index in [1.165, 1.54) is 5.56 Å². The van der Waals surface area contributed by atoms with E-state index in [2.05, 4.69) is 32.5 Å². The van der Waals surface area contributed by atoms with E-state index in [0.29, 0.717) is 23.3 Å². The van der Waals surface area contributed by atoms with E-state index in [1.54, 1.807) is 7.11 Å². The summed E-state index contributed by atoms with van der Waals surface area (Å²) < 4.78 is 7.16. The van der Waals surface area contributed by atoms with Crippen molar-refractivity contribution >= 4 is 23.2 Å². The van der Waals surface area contributed by atoms with Gasteiger partial charge in [0.1, 0.15) is 11.6 Å². The van der Waals surface area contributed by atoms with E-state index in [1.807, 2.05) is 41.0 Å². The molecule has 0 radical (unpaired) electrons. The highest BCUT2D eigenvalue weighted by Gasteiger charge is 2.39. The number of nitrogens with zero attached hydrogens (tertiary/aromatic N) is 4. The molecule has 8 heteroatoms. The third-order valence-electron chi connectivity index (χ3n) is 6.21. The number of hydrogen-bond acceptors (Lipinski definition) is 5. The number of carbonyl (C=O) groups is 1. The van der Waals surface area contributed by atoms with Gasteiger partial charge in [0, 0.05) is 43.3 Å². The zero-order valence-electron chi connectivity index (χ0n) is 17.3. The molecule has 0 unspecified atom stereocenters. The maximum atomic E-state index is 12.8. The van der Waals surface area contributed by atoms with Gasteiger partial charge >= 0.3 is 0 Å². The van der Waals surface area contributed by atoms with Crippen LogP contribution < -0.4 is 10.1 Å². The molecular weight excluding hydrogens is 414 g/mol. The average Bonchev–Trinajstić information content (AvgIpc) is 3.36. The molecule has 1 saturated heterocycles. The van der Waals surface area contributed by atoms with Crippen molar-refractivity contribution in [1.29, 1.82) is 0 Å². The molecule has 1 amide bonds. The molecule has 7 nitrogen and oxygen atoms in total. The lowest BCUT2D eigenvalue weighted by atomic mass is 9.89. The van der Waals surface area contributed by atoms with Gasteiger partial charge in [-0.1, -0.05) is 23.7 Å². The average molecular weight is 438 g/mol. The van der Waals surface area contributed by atoms with Crippen LogP contribution in [0.25, 0.3) is 0 Å². The van der Waals surface area contributed by atoms with Crippen molar-refractivity contribution in [3.63, 3.8) is 0 Å². The van der Waals surface area contributed by atoms with Crippen LogP contribution in [0.15, 0.2) is 48.5 Å². The summed E-state index contributed by atoms with van der Waals surface area (Å²) >= 11 is 6.00. The standard InChI is InChI=1S/C23H24ClN5O2/c1-31-20-8-6-19(7-9-20)25-23(30)22-27-26-21-10-16-12-28(13-17(16)14-29(21)22)11-15-2-4-18(24)5-3-15/h2-9,16-17H,10-14H2,1H3,(H,25,30)/t16-,17-/m0/s1. The predicted octanol–water partition coefficient (Wildman–Crippen LogP) is 3.50. The first-order chi connectivity index (χ1) is 15.1. The third kappa shape index (κ3) is 4.16. The van der Waals surface area contributed by atoms with Crippen LogP contribution in [0.5, 0.6) is 5.75 Å². The van der Waals surface area contributed by atoms with Crippen molar-refractivity contribution < 1.29 is 9.53 Å². The lowest BCUT2D eigenvalue weighted by molar-refractivity contribution is 0.100. The Morgan fingerprint density at radius 2 is 1.81 bits per heavy atom. The van der Waals surface area contributed by atoms with Gasteiger partial charge in [0.05, 0.1) is 7.11 Å². The quantitative estimate of drug-likeness (QED) is 0.661. The van der Waals surface area contributed by atoms with Crippen molar-refractivity contribution in [2.24, 2.45) is 11.8 Å². The molecule has 3 heterocycles. The van der Waals surface area contributed by atoms with Crippen LogP contribution in [0.3, 0.4) is 0 Å². The number of methoxy groups -OCH3 is 1. The van der Waals surface area contributed by atoms with Gasteiger partial charge in [-0.2, -0.15) is 0 Å². The SMILES string of the molecule is COc1ccc(NC(=O)c2nnc3n2C[C@@H]2CN(Cc4ccc(Cl)cc4)C[C@@H]2C3)cc1. The molecule has 160 valence electrons. The molecule has 0 aliphatic carbocycles. The second kappa shape index (κ2) is 8.32. The van der Waals surface area contributed by atoms with E-state index in [0.717, 1.165) is 49.2 Å². The molecule has 5 rings (SSSR count). The Balaban J connectivity index is 1.25. The van der Waals surface area contributed by atoms with Gasteiger partial charge < -0.3 is 14.6 Å². The van der Waals surface area contributed by atoms with Crippen molar-refractivity contribution in [2.75, 3.05) is 25.5 Å². The molecule has 3 aromatic rings. The Hall–Kier alpha value is -2.90. The fourth-order valence-corrected chi connectivity index (χ4v) is 4.75. The van der Waals surface area contributed by atoms with Gasteiger partial charge in [-0.05, 0) is 53.8 Å². The van der Waals surface area contributed by atoms with Gasteiger partial charge in [0.25, 0.3) is 5.91 Å². The minimum atomic E-state index is -0.238. The van der Waals surface area contributed by atoms with Crippen molar-refractivity contribution in [3.05, 3.63) is 70.8 Å². The summed E-state index contributed by atoms with van der Waals surface area (Å²) in [6.07, 6.45) is 0.852. The minimum Gasteiger partial charge on any atom is -0.497 e. The minimum absolute atomic E-state index is 0.238. The number of nitrogens with one attached hydrogen (secondary N) is 1. The largest absolute Gasteiger partial charge is 0.497 e. The second-order valence-corrected chi connectivity index (χ2v) is 8.71. The number of amides is 1. The van der Waals surface area contributed by atoms with E-state index in [9.17, 15) is 4.79 Å². The van der Waals surface area contributed by atoms with Crippen molar-refractivity contribution in [1.82, 2.24) is 19.7 Å². The first kappa shape index (κ1) is 20.0. The van der Waals surface area contributed by atoms with Gasteiger partial charge in [-0.15, -0.1) is 10.2 Å². The highest BCUT2D eigenvalue weighted by atomic mass is 35.5. The fourth-order valence-electron chi connectivity index (χ4n) is 4.63. The highest BCUT2D eigenvalue weighted by molar-refractivity contribution is 6.30. The monoisotopic (exact) mass is 437 g/mol. The van der Waals surface area contributed by atoms with Gasteiger partial charge in [0.15, 0.2) is 0 Å². The number of halogens is 1. The Morgan fingerprint density at radius 1 is 1.06 bits per heavy atom. The molecule has 2 aliphatic heterocycles. The van der Waals surface area contributed by atoms with Crippen LogP contribution in [0.1, 0.15) is 22.0 Å². The third-order valence-corrected chi connectivity index (χ3v) is 6.46. The van der Waals surface area contributed by atoms with Crippen molar-refractivity contribution in [2.45, 2.75) is 19.5 Å². The second-order valence-electron chi connectivity index (χ2n) is 8.28. The number of aromatic nitrogens is 3.